The van der Waals surface area contributed by atoms with Crippen LogP contribution in [0, 0.1) is 23.5 Å². The Morgan fingerprint density at radius 2 is 1.95 bits per heavy atom. The molecule has 0 aliphatic heterocycles. The van der Waals surface area contributed by atoms with Crippen LogP contribution in [-0.2, 0) is 4.79 Å². The summed E-state index contributed by atoms with van der Waals surface area (Å²) in [6.45, 7) is 5.65. The molecule has 0 aliphatic rings. The van der Waals surface area contributed by atoms with Crippen LogP contribution in [0.2, 0.25) is 0 Å². The van der Waals surface area contributed by atoms with Crippen molar-refractivity contribution in [1.29, 1.82) is 0 Å². The monoisotopic (exact) mass is 270 g/mol. The SMILES string of the molecule is CC(CN)C(=O)NC(c1ccc(F)cc1F)C(C)C. The fourth-order valence-corrected chi connectivity index (χ4v) is 1.76. The zero-order valence-electron chi connectivity index (χ0n) is 11.4. The Kier molecular flexibility index (Phi) is 5.42. The Balaban J connectivity index is 2.98. The molecule has 19 heavy (non-hydrogen) atoms. The highest BCUT2D eigenvalue weighted by atomic mass is 19.1. The van der Waals surface area contributed by atoms with Crippen LogP contribution in [0.5, 0.6) is 0 Å². The average molecular weight is 270 g/mol. The van der Waals surface area contributed by atoms with E-state index in [-0.39, 0.29) is 29.9 Å². The minimum absolute atomic E-state index is 0.0196. The fourth-order valence-electron chi connectivity index (χ4n) is 1.76. The maximum atomic E-state index is 13.8. The lowest BCUT2D eigenvalue weighted by atomic mass is 9.94. The first-order valence-electron chi connectivity index (χ1n) is 6.32. The van der Waals surface area contributed by atoms with E-state index in [1.54, 1.807) is 6.92 Å². The van der Waals surface area contributed by atoms with Crippen LogP contribution < -0.4 is 11.1 Å². The molecular weight excluding hydrogens is 250 g/mol. The second-order valence-corrected chi connectivity index (χ2v) is 5.03. The summed E-state index contributed by atoms with van der Waals surface area (Å²) < 4.78 is 26.7. The molecule has 1 amide bonds. The van der Waals surface area contributed by atoms with Crippen molar-refractivity contribution in [2.75, 3.05) is 6.54 Å². The molecule has 5 heteroatoms. The molecule has 2 unspecified atom stereocenters. The summed E-state index contributed by atoms with van der Waals surface area (Å²) in [6.07, 6.45) is 0. The maximum Gasteiger partial charge on any atom is 0.224 e. The molecule has 106 valence electrons. The van der Waals surface area contributed by atoms with Gasteiger partial charge in [-0.2, -0.15) is 0 Å². The van der Waals surface area contributed by atoms with Crippen LogP contribution in [0.4, 0.5) is 8.78 Å². The fraction of sp³-hybridized carbons (Fsp3) is 0.500. The van der Waals surface area contributed by atoms with Gasteiger partial charge in [0.05, 0.1) is 6.04 Å². The molecule has 2 atom stereocenters. The second-order valence-electron chi connectivity index (χ2n) is 5.03. The van der Waals surface area contributed by atoms with Crippen LogP contribution >= 0.6 is 0 Å². The Hall–Kier alpha value is -1.49. The number of nitrogens with two attached hydrogens (primary N) is 1. The highest BCUT2D eigenvalue weighted by Crippen LogP contribution is 2.25. The van der Waals surface area contributed by atoms with Gasteiger partial charge in [-0.1, -0.05) is 26.8 Å². The van der Waals surface area contributed by atoms with E-state index >= 15 is 0 Å². The van der Waals surface area contributed by atoms with E-state index in [0.717, 1.165) is 6.07 Å². The molecule has 0 bridgehead atoms. The summed E-state index contributed by atoms with van der Waals surface area (Å²) in [5.41, 5.74) is 5.71. The van der Waals surface area contributed by atoms with E-state index in [0.29, 0.717) is 0 Å². The summed E-state index contributed by atoms with van der Waals surface area (Å²) in [7, 11) is 0. The molecule has 1 rings (SSSR count). The van der Waals surface area contributed by atoms with E-state index in [1.807, 2.05) is 13.8 Å². The normalized spacial score (nSPS) is 14.3. The first-order chi connectivity index (χ1) is 8.86. The Bertz CT molecular complexity index is 449. The molecule has 0 aliphatic carbocycles. The molecule has 1 aromatic carbocycles. The summed E-state index contributed by atoms with van der Waals surface area (Å²) in [5, 5.41) is 2.76. The van der Waals surface area contributed by atoms with Gasteiger partial charge in [-0.25, -0.2) is 8.78 Å². The highest BCUT2D eigenvalue weighted by molar-refractivity contribution is 5.79. The van der Waals surface area contributed by atoms with Gasteiger partial charge in [0.2, 0.25) is 5.91 Å². The van der Waals surface area contributed by atoms with E-state index < -0.39 is 17.7 Å². The molecule has 0 heterocycles. The lowest BCUT2D eigenvalue weighted by Gasteiger charge is -2.24. The molecule has 0 aromatic heterocycles. The Morgan fingerprint density at radius 3 is 2.42 bits per heavy atom. The molecule has 0 spiro atoms. The quantitative estimate of drug-likeness (QED) is 0.863. The highest BCUT2D eigenvalue weighted by Gasteiger charge is 2.23. The summed E-state index contributed by atoms with van der Waals surface area (Å²) >= 11 is 0. The van der Waals surface area contributed by atoms with Crippen LogP contribution in [0.3, 0.4) is 0 Å². The lowest BCUT2D eigenvalue weighted by Crippen LogP contribution is -2.38. The first-order valence-corrected chi connectivity index (χ1v) is 6.32. The molecule has 3 nitrogen and oxygen atoms in total. The van der Waals surface area contributed by atoms with Gasteiger partial charge in [0, 0.05) is 24.1 Å². The number of carbonyl (C=O) groups is 1. The van der Waals surface area contributed by atoms with Crippen molar-refractivity contribution in [3.05, 3.63) is 35.4 Å². The molecule has 0 radical (unpaired) electrons. The van der Waals surface area contributed by atoms with Crippen molar-refractivity contribution < 1.29 is 13.6 Å². The van der Waals surface area contributed by atoms with Gasteiger partial charge in [0.15, 0.2) is 0 Å². The number of halogens is 2. The maximum absolute atomic E-state index is 13.8. The van der Waals surface area contributed by atoms with Gasteiger partial charge < -0.3 is 11.1 Å². The van der Waals surface area contributed by atoms with Crippen molar-refractivity contribution in [3.8, 4) is 0 Å². The van der Waals surface area contributed by atoms with E-state index in [1.165, 1.54) is 12.1 Å². The molecule has 1 aromatic rings. The van der Waals surface area contributed by atoms with Crippen LogP contribution in [0.1, 0.15) is 32.4 Å². The third-order valence-corrected chi connectivity index (χ3v) is 3.06. The number of amides is 1. The second kappa shape index (κ2) is 6.61. The summed E-state index contributed by atoms with van der Waals surface area (Å²) in [4.78, 5) is 11.9. The van der Waals surface area contributed by atoms with Gasteiger partial charge in [-0.3, -0.25) is 4.79 Å². The van der Waals surface area contributed by atoms with Crippen LogP contribution in [-0.4, -0.2) is 12.5 Å². The summed E-state index contributed by atoms with van der Waals surface area (Å²) in [6, 6.07) is 2.88. The van der Waals surface area contributed by atoms with Crippen LogP contribution in [0.15, 0.2) is 18.2 Å². The molecule has 0 saturated carbocycles. The Labute approximate surface area is 112 Å². The molecule has 0 fully saturated rings. The molecule has 3 N–H and O–H groups in total. The molecule has 0 saturated heterocycles. The number of nitrogens with one attached hydrogen (secondary N) is 1. The number of carbonyl (C=O) groups excluding carboxylic acids is 1. The third-order valence-electron chi connectivity index (χ3n) is 3.06. The van der Waals surface area contributed by atoms with E-state index in [9.17, 15) is 13.6 Å². The molecular formula is C14H20F2N2O. The van der Waals surface area contributed by atoms with Gasteiger partial charge in [-0.05, 0) is 12.0 Å². The zero-order chi connectivity index (χ0) is 14.6. The number of hydrogen-bond donors (Lipinski definition) is 2. The van der Waals surface area contributed by atoms with Gasteiger partial charge in [0.25, 0.3) is 0 Å². The van der Waals surface area contributed by atoms with Gasteiger partial charge >= 0.3 is 0 Å². The minimum Gasteiger partial charge on any atom is -0.349 e. The third kappa shape index (κ3) is 3.99. The minimum atomic E-state index is -0.653. The smallest absolute Gasteiger partial charge is 0.224 e. The van der Waals surface area contributed by atoms with Crippen LogP contribution in [0.25, 0.3) is 0 Å². The standard InChI is InChI=1S/C14H20F2N2O/c1-8(2)13(18-14(19)9(3)7-17)11-5-4-10(15)6-12(11)16/h4-6,8-9,13H,7,17H2,1-3H3,(H,18,19). The Morgan fingerprint density at radius 1 is 1.32 bits per heavy atom. The predicted molar refractivity (Wildman–Crippen MR) is 70.3 cm³/mol. The van der Waals surface area contributed by atoms with E-state index in [2.05, 4.69) is 5.32 Å². The van der Waals surface area contributed by atoms with Crippen molar-refractivity contribution in [2.45, 2.75) is 26.8 Å². The first kappa shape index (κ1) is 15.6. The van der Waals surface area contributed by atoms with Crippen molar-refractivity contribution in [2.24, 2.45) is 17.6 Å². The lowest BCUT2D eigenvalue weighted by molar-refractivity contribution is -0.125. The predicted octanol–water partition coefficient (Wildman–Crippen LogP) is 2.37. The number of hydrogen-bond acceptors (Lipinski definition) is 2. The zero-order valence-corrected chi connectivity index (χ0v) is 11.4. The van der Waals surface area contributed by atoms with Crippen molar-refractivity contribution in [1.82, 2.24) is 5.32 Å². The van der Waals surface area contributed by atoms with Crippen molar-refractivity contribution in [3.63, 3.8) is 0 Å². The summed E-state index contributed by atoms with van der Waals surface area (Å²) in [5.74, 6) is -1.88. The topological polar surface area (TPSA) is 55.1 Å². The van der Waals surface area contributed by atoms with Gasteiger partial charge in [0.1, 0.15) is 11.6 Å². The van der Waals surface area contributed by atoms with Gasteiger partial charge in [-0.15, -0.1) is 0 Å². The number of benzene rings is 1. The number of rotatable bonds is 5. The largest absolute Gasteiger partial charge is 0.349 e. The van der Waals surface area contributed by atoms with E-state index in [4.69, 9.17) is 5.73 Å². The van der Waals surface area contributed by atoms with Crippen molar-refractivity contribution >= 4 is 5.91 Å². The average Bonchev–Trinajstić information content (AvgIpc) is 2.35.